The third-order valence-electron chi connectivity index (χ3n) is 3.83. The Hall–Kier alpha value is -1.40. The summed E-state index contributed by atoms with van der Waals surface area (Å²) in [5, 5.41) is 0. The number of rotatable bonds is 3. The fourth-order valence-corrected chi connectivity index (χ4v) is 3.05. The average Bonchev–Trinajstić information content (AvgIpc) is 2.86. The number of nitrogen functional groups attached to an aromatic ring is 1. The number of hydrogen-bond acceptors (Lipinski definition) is 6. The van der Waals surface area contributed by atoms with Crippen LogP contribution in [-0.4, -0.2) is 42.4 Å². The molecule has 6 nitrogen and oxygen atoms in total. The van der Waals surface area contributed by atoms with Gasteiger partial charge in [-0.3, -0.25) is 0 Å². The molecule has 2 unspecified atom stereocenters. The van der Waals surface area contributed by atoms with Crippen LogP contribution in [0, 0.1) is 0 Å². The molecular weight excluding hydrogens is 244 g/mol. The van der Waals surface area contributed by atoms with Gasteiger partial charge in [0.25, 0.3) is 0 Å². The lowest BCUT2D eigenvalue weighted by Gasteiger charge is -2.38. The monoisotopic (exact) mass is 264 g/mol. The highest BCUT2D eigenvalue weighted by molar-refractivity contribution is 5.48. The SMILES string of the molecule is COCc1nc(N)cc(N2CCOC3CCCC32)n1. The molecule has 1 saturated heterocycles. The Morgan fingerprint density at radius 2 is 2.37 bits per heavy atom. The summed E-state index contributed by atoms with van der Waals surface area (Å²) in [5.41, 5.74) is 5.87. The first kappa shape index (κ1) is 12.6. The van der Waals surface area contributed by atoms with Gasteiger partial charge in [-0.15, -0.1) is 0 Å². The standard InChI is InChI=1S/C13H20N4O2/c1-18-8-12-15-11(14)7-13(16-12)17-5-6-19-10-4-2-3-9(10)17/h7,9-10H,2-6,8H2,1H3,(H2,14,15,16). The third kappa shape index (κ3) is 2.50. The highest BCUT2D eigenvalue weighted by Crippen LogP contribution is 2.32. The van der Waals surface area contributed by atoms with Crippen molar-refractivity contribution in [1.82, 2.24) is 9.97 Å². The lowest BCUT2D eigenvalue weighted by molar-refractivity contribution is 0.0253. The van der Waals surface area contributed by atoms with Crippen molar-refractivity contribution in [2.75, 3.05) is 30.9 Å². The highest BCUT2D eigenvalue weighted by Gasteiger charge is 2.36. The molecule has 3 rings (SSSR count). The number of fused-ring (bicyclic) bond motifs is 1. The van der Waals surface area contributed by atoms with Crippen molar-refractivity contribution in [3.05, 3.63) is 11.9 Å². The Morgan fingerprint density at radius 3 is 3.21 bits per heavy atom. The predicted octanol–water partition coefficient (Wildman–Crippen LogP) is 0.963. The van der Waals surface area contributed by atoms with E-state index >= 15 is 0 Å². The molecule has 2 fully saturated rings. The van der Waals surface area contributed by atoms with E-state index in [0.717, 1.165) is 31.8 Å². The maximum atomic E-state index is 5.87. The van der Waals surface area contributed by atoms with Gasteiger partial charge < -0.3 is 20.1 Å². The number of anilines is 2. The van der Waals surface area contributed by atoms with Crippen LogP contribution in [0.15, 0.2) is 6.07 Å². The van der Waals surface area contributed by atoms with E-state index in [0.29, 0.717) is 30.4 Å². The molecular formula is C13H20N4O2. The minimum absolute atomic E-state index is 0.343. The van der Waals surface area contributed by atoms with Crippen molar-refractivity contribution in [1.29, 1.82) is 0 Å². The van der Waals surface area contributed by atoms with Gasteiger partial charge >= 0.3 is 0 Å². The van der Waals surface area contributed by atoms with Gasteiger partial charge in [0.2, 0.25) is 0 Å². The second kappa shape index (κ2) is 5.30. The number of hydrogen-bond donors (Lipinski definition) is 1. The highest BCUT2D eigenvalue weighted by atomic mass is 16.5. The molecule has 1 aromatic heterocycles. The molecule has 2 N–H and O–H groups in total. The van der Waals surface area contributed by atoms with Crippen molar-refractivity contribution in [3.63, 3.8) is 0 Å². The minimum Gasteiger partial charge on any atom is -0.384 e. The summed E-state index contributed by atoms with van der Waals surface area (Å²) in [6.45, 7) is 2.01. The number of aromatic nitrogens is 2. The molecule has 6 heteroatoms. The molecule has 1 aliphatic carbocycles. The summed E-state index contributed by atoms with van der Waals surface area (Å²) < 4.78 is 10.9. The second-order valence-electron chi connectivity index (χ2n) is 5.10. The van der Waals surface area contributed by atoms with Crippen LogP contribution in [0.1, 0.15) is 25.1 Å². The molecule has 104 valence electrons. The summed E-state index contributed by atoms with van der Waals surface area (Å²) in [7, 11) is 1.63. The second-order valence-corrected chi connectivity index (χ2v) is 5.10. The number of nitrogens with two attached hydrogens (primary N) is 1. The first-order valence-corrected chi connectivity index (χ1v) is 6.78. The molecule has 2 heterocycles. The van der Waals surface area contributed by atoms with Gasteiger partial charge in [-0.1, -0.05) is 0 Å². The van der Waals surface area contributed by atoms with Crippen molar-refractivity contribution < 1.29 is 9.47 Å². The molecule has 1 saturated carbocycles. The third-order valence-corrected chi connectivity index (χ3v) is 3.83. The number of ether oxygens (including phenoxy) is 2. The van der Waals surface area contributed by atoms with E-state index in [9.17, 15) is 0 Å². The zero-order valence-electron chi connectivity index (χ0n) is 11.2. The summed E-state index contributed by atoms with van der Waals surface area (Å²) >= 11 is 0. The van der Waals surface area contributed by atoms with Crippen LogP contribution >= 0.6 is 0 Å². The average molecular weight is 264 g/mol. The van der Waals surface area contributed by atoms with E-state index in [-0.39, 0.29) is 0 Å². The maximum absolute atomic E-state index is 5.87. The van der Waals surface area contributed by atoms with Gasteiger partial charge in [0.05, 0.1) is 18.8 Å². The van der Waals surface area contributed by atoms with E-state index in [2.05, 4.69) is 14.9 Å². The van der Waals surface area contributed by atoms with Gasteiger partial charge in [0, 0.05) is 19.7 Å². The molecule has 0 radical (unpaired) electrons. The minimum atomic E-state index is 0.343. The Balaban J connectivity index is 1.87. The van der Waals surface area contributed by atoms with Crippen LogP contribution in [0.3, 0.4) is 0 Å². The van der Waals surface area contributed by atoms with E-state index in [1.165, 1.54) is 6.42 Å². The van der Waals surface area contributed by atoms with Crippen molar-refractivity contribution in [3.8, 4) is 0 Å². The smallest absolute Gasteiger partial charge is 0.158 e. The number of nitrogens with zero attached hydrogens (tertiary/aromatic N) is 3. The fraction of sp³-hybridized carbons (Fsp3) is 0.692. The topological polar surface area (TPSA) is 73.5 Å². The van der Waals surface area contributed by atoms with E-state index in [4.69, 9.17) is 15.2 Å². The van der Waals surface area contributed by atoms with Crippen LogP contribution in [0.2, 0.25) is 0 Å². The Morgan fingerprint density at radius 1 is 1.47 bits per heavy atom. The molecule has 1 aromatic rings. The van der Waals surface area contributed by atoms with E-state index in [1.54, 1.807) is 7.11 Å². The molecule has 0 aromatic carbocycles. The molecule has 19 heavy (non-hydrogen) atoms. The van der Waals surface area contributed by atoms with Crippen molar-refractivity contribution in [2.24, 2.45) is 0 Å². The summed E-state index contributed by atoms with van der Waals surface area (Å²) in [6.07, 6.45) is 3.87. The van der Waals surface area contributed by atoms with Crippen LogP contribution in [-0.2, 0) is 16.1 Å². The van der Waals surface area contributed by atoms with Crippen molar-refractivity contribution in [2.45, 2.75) is 38.0 Å². The Bertz CT molecular complexity index is 454. The predicted molar refractivity (Wildman–Crippen MR) is 71.9 cm³/mol. The first-order chi connectivity index (χ1) is 9.28. The summed E-state index contributed by atoms with van der Waals surface area (Å²) in [5.74, 6) is 2.04. The first-order valence-electron chi connectivity index (χ1n) is 6.78. The van der Waals surface area contributed by atoms with Gasteiger partial charge in [0.1, 0.15) is 18.2 Å². The van der Waals surface area contributed by atoms with Gasteiger partial charge in [-0.05, 0) is 19.3 Å². The van der Waals surface area contributed by atoms with Crippen LogP contribution in [0.25, 0.3) is 0 Å². The van der Waals surface area contributed by atoms with Crippen molar-refractivity contribution >= 4 is 11.6 Å². The molecule has 0 bridgehead atoms. The molecule has 1 aliphatic heterocycles. The van der Waals surface area contributed by atoms with Crippen LogP contribution in [0.4, 0.5) is 11.6 Å². The largest absolute Gasteiger partial charge is 0.384 e. The molecule has 2 atom stereocenters. The Labute approximate surface area is 112 Å². The maximum Gasteiger partial charge on any atom is 0.158 e. The van der Waals surface area contributed by atoms with Gasteiger partial charge in [-0.2, -0.15) is 0 Å². The summed E-state index contributed by atoms with van der Waals surface area (Å²) in [4.78, 5) is 11.1. The molecule has 0 spiro atoms. The van der Waals surface area contributed by atoms with Crippen LogP contribution in [0.5, 0.6) is 0 Å². The molecule has 0 amide bonds. The number of morpholine rings is 1. The zero-order valence-corrected chi connectivity index (χ0v) is 11.2. The lowest BCUT2D eigenvalue weighted by Crippen LogP contribution is -2.49. The van der Waals surface area contributed by atoms with Crippen LogP contribution < -0.4 is 10.6 Å². The van der Waals surface area contributed by atoms with E-state index in [1.807, 2.05) is 6.07 Å². The Kier molecular flexibility index (Phi) is 3.52. The van der Waals surface area contributed by atoms with Gasteiger partial charge in [0.15, 0.2) is 5.82 Å². The lowest BCUT2D eigenvalue weighted by atomic mass is 10.1. The zero-order chi connectivity index (χ0) is 13.2. The normalized spacial score (nSPS) is 26.5. The quantitative estimate of drug-likeness (QED) is 0.876. The summed E-state index contributed by atoms with van der Waals surface area (Å²) in [6, 6.07) is 2.28. The number of methoxy groups -OCH3 is 1. The molecule has 2 aliphatic rings. The fourth-order valence-electron chi connectivity index (χ4n) is 3.05. The van der Waals surface area contributed by atoms with Gasteiger partial charge in [-0.25, -0.2) is 9.97 Å². The van der Waals surface area contributed by atoms with E-state index < -0.39 is 0 Å².